The Bertz CT molecular complexity index is 490. The van der Waals surface area contributed by atoms with Crippen LogP contribution in [-0.4, -0.2) is 45.1 Å². The number of rotatable bonds is 7. The van der Waals surface area contributed by atoms with Crippen molar-refractivity contribution in [1.82, 2.24) is 10.6 Å². The Labute approximate surface area is 137 Å². The van der Waals surface area contributed by atoms with Crippen LogP contribution in [-0.2, 0) is 11.2 Å². The second kappa shape index (κ2) is 8.80. The van der Waals surface area contributed by atoms with Gasteiger partial charge in [0.1, 0.15) is 0 Å². The maximum atomic E-state index is 5.55. The molecule has 1 aliphatic heterocycles. The summed E-state index contributed by atoms with van der Waals surface area (Å²) in [6.07, 6.45) is 3.42. The van der Waals surface area contributed by atoms with Gasteiger partial charge in [-0.3, -0.25) is 0 Å². The number of ether oxygens (including phenoxy) is 3. The molecular formula is C16H24N2O3S. The summed E-state index contributed by atoms with van der Waals surface area (Å²) in [4.78, 5) is 0. The van der Waals surface area contributed by atoms with Gasteiger partial charge in [0.15, 0.2) is 16.6 Å². The van der Waals surface area contributed by atoms with Gasteiger partial charge >= 0.3 is 0 Å². The van der Waals surface area contributed by atoms with Gasteiger partial charge in [-0.1, -0.05) is 6.07 Å². The van der Waals surface area contributed by atoms with Gasteiger partial charge < -0.3 is 24.8 Å². The highest BCUT2D eigenvalue weighted by Crippen LogP contribution is 2.27. The first-order valence-electron chi connectivity index (χ1n) is 7.57. The molecule has 1 aromatic rings. The van der Waals surface area contributed by atoms with Crippen molar-refractivity contribution < 1.29 is 14.2 Å². The zero-order chi connectivity index (χ0) is 15.8. The van der Waals surface area contributed by atoms with E-state index in [1.807, 2.05) is 18.2 Å². The number of hydrogen-bond acceptors (Lipinski definition) is 4. The summed E-state index contributed by atoms with van der Waals surface area (Å²) in [5, 5.41) is 7.09. The van der Waals surface area contributed by atoms with Crippen LogP contribution in [0.4, 0.5) is 0 Å². The van der Waals surface area contributed by atoms with Crippen LogP contribution in [0.2, 0.25) is 0 Å². The molecule has 1 atom stereocenters. The normalized spacial score (nSPS) is 17.1. The summed E-state index contributed by atoms with van der Waals surface area (Å²) >= 11 is 5.27. The zero-order valence-electron chi connectivity index (χ0n) is 13.2. The molecule has 1 saturated heterocycles. The molecule has 0 aliphatic carbocycles. The third-order valence-corrected chi connectivity index (χ3v) is 3.95. The Morgan fingerprint density at radius 3 is 2.77 bits per heavy atom. The highest BCUT2D eigenvalue weighted by molar-refractivity contribution is 7.80. The number of methoxy groups -OCH3 is 2. The summed E-state index contributed by atoms with van der Waals surface area (Å²) < 4.78 is 16.1. The van der Waals surface area contributed by atoms with Gasteiger partial charge in [-0.15, -0.1) is 0 Å². The monoisotopic (exact) mass is 324 g/mol. The van der Waals surface area contributed by atoms with E-state index < -0.39 is 0 Å². The van der Waals surface area contributed by atoms with Crippen LogP contribution in [0, 0.1) is 0 Å². The second-order valence-corrected chi connectivity index (χ2v) is 5.62. The maximum Gasteiger partial charge on any atom is 0.166 e. The fourth-order valence-electron chi connectivity index (χ4n) is 2.43. The average molecular weight is 324 g/mol. The predicted molar refractivity (Wildman–Crippen MR) is 90.8 cm³/mol. The lowest BCUT2D eigenvalue weighted by molar-refractivity contribution is 0.114. The molecule has 1 aliphatic rings. The van der Waals surface area contributed by atoms with E-state index in [2.05, 4.69) is 10.6 Å². The average Bonchev–Trinajstić information content (AvgIpc) is 3.06. The topological polar surface area (TPSA) is 51.8 Å². The smallest absolute Gasteiger partial charge is 0.166 e. The summed E-state index contributed by atoms with van der Waals surface area (Å²) in [5.41, 5.74) is 1.17. The van der Waals surface area contributed by atoms with Crippen LogP contribution in [0.15, 0.2) is 18.2 Å². The Balaban J connectivity index is 1.70. The fraction of sp³-hybridized carbons (Fsp3) is 0.562. The molecule has 0 unspecified atom stereocenters. The molecule has 0 amide bonds. The summed E-state index contributed by atoms with van der Waals surface area (Å²) in [5.74, 6) is 1.49. The molecule has 5 nitrogen and oxygen atoms in total. The van der Waals surface area contributed by atoms with Crippen molar-refractivity contribution in [3.8, 4) is 11.5 Å². The van der Waals surface area contributed by atoms with E-state index in [1.54, 1.807) is 14.2 Å². The zero-order valence-corrected chi connectivity index (χ0v) is 14.0. The molecule has 0 bridgehead atoms. The van der Waals surface area contributed by atoms with Crippen LogP contribution in [0.25, 0.3) is 0 Å². The molecule has 0 saturated carbocycles. The van der Waals surface area contributed by atoms with Crippen LogP contribution in [0.3, 0.4) is 0 Å². The van der Waals surface area contributed by atoms with E-state index in [0.29, 0.717) is 11.2 Å². The summed E-state index contributed by atoms with van der Waals surface area (Å²) in [6, 6.07) is 5.94. The van der Waals surface area contributed by atoms with Crippen molar-refractivity contribution in [2.24, 2.45) is 0 Å². The molecular weight excluding hydrogens is 300 g/mol. The van der Waals surface area contributed by atoms with Crippen molar-refractivity contribution in [1.29, 1.82) is 0 Å². The first-order valence-corrected chi connectivity index (χ1v) is 7.98. The lowest BCUT2D eigenvalue weighted by Crippen LogP contribution is -2.40. The van der Waals surface area contributed by atoms with Crippen LogP contribution >= 0.6 is 12.2 Å². The molecule has 122 valence electrons. The van der Waals surface area contributed by atoms with E-state index in [0.717, 1.165) is 50.5 Å². The van der Waals surface area contributed by atoms with Crippen LogP contribution < -0.4 is 20.1 Å². The van der Waals surface area contributed by atoms with Gasteiger partial charge in [0.05, 0.1) is 20.3 Å². The quantitative estimate of drug-likeness (QED) is 0.747. The van der Waals surface area contributed by atoms with Gasteiger partial charge in [0, 0.05) is 19.7 Å². The molecule has 0 aromatic heterocycles. The van der Waals surface area contributed by atoms with Gasteiger partial charge in [-0.2, -0.15) is 0 Å². The first-order chi connectivity index (χ1) is 10.7. The van der Waals surface area contributed by atoms with Gasteiger partial charge in [-0.25, -0.2) is 0 Å². The van der Waals surface area contributed by atoms with Gasteiger partial charge in [-0.05, 0) is 49.2 Å². The van der Waals surface area contributed by atoms with Crippen molar-refractivity contribution in [2.75, 3.05) is 33.9 Å². The van der Waals surface area contributed by atoms with Gasteiger partial charge in [0.2, 0.25) is 0 Å². The molecule has 0 spiro atoms. The SMILES string of the molecule is COc1ccc(CCNC(=S)NC[C@H]2CCCO2)cc1OC. The van der Waals surface area contributed by atoms with Gasteiger partial charge in [0.25, 0.3) is 0 Å². The number of hydrogen-bond donors (Lipinski definition) is 2. The molecule has 1 aromatic carbocycles. The standard InChI is InChI=1S/C16H24N2O3S/c1-19-14-6-5-12(10-15(14)20-2)7-8-17-16(22)18-11-13-4-3-9-21-13/h5-6,10,13H,3-4,7-9,11H2,1-2H3,(H2,17,18,22)/t13-/m1/s1. The molecule has 2 rings (SSSR count). The highest BCUT2D eigenvalue weighted by Gasteiger charge is 2.15. The Morgan fingerprint density at radius 1 is 1.27 bits per heavy atom. The molecule has 22 heavy (non-hydrogen) atoms. The van der Waals surface area contributed by atoms with Crippen molar-refractivity contribution in [3.05, 3.63) is 23.8 Å². The minimum Gasteiger partial charge on any atom is -0.493 e. The summed E-state index contributed by atoms with van der Waals surface area (Å²) in [7, 11) is 3.28. The summed E-state index contributed by atoms with van der Waals surface area (Å²) in [6.45, 7) is 2.42. The van der Waals surface area contributed by atoms with E-state index in [-0.39, 0.29) is 0 Å². The minimum atomic E-state index is 0.297. The number of benzene rings is 1. The number of nitrogens with one attached hydrogen (secondary N) is 2. The van der Waals surface area contributed by atoms with Crippen LogP contribution in [0.1, 0.15) is 18.4 Å². The predicted octanol–water partition coefficient (Wildman–Crippen LogP) is 1.89. The van der Waals surface area contributed by atoms with Crippen LogP contribution in [0.5, 0.6) is 11.5 Å². The lowest BCUT2D eigenvalue weighted by atomic mass is 10.1. The van der Waals surface area contributed by atoms with E-state index in [1.165, 1.54) is 5.56 Å². The first kappa shape index (κ1) is 16.8. The molecule has 0 radical (unpaired) electrons. The Kier molecular flexibility index (Phi) is 6.74. The number of thiocarbonyl (C=S) groups is 1. The van der Waals surface area contributed by atoms with Crippen molar-refractivity contribution in [2.45, 2.75) is 25.4 Å². The maximum absolute atomic E-state index is 5.55. The molecule has 1 fully saturated rings. The van der Waals surface area contributed by atoms with E-state index >= 15 is 0 Å². The molecule has 1 heterocycles. The molecule has 6 heteroatoms. The second-order valence-electron chi connectivity index (χ2n) is 5.21. The van der Waals surface area contributed by atoms with Crippen molar-refractivity contribution in [3.63, 3.8) is 0 Å². The lowest BCUT2D eigenvalue weighted by Gasteiger charge is -2.14. The van der Waals surface area contributed by atoms with E-state index in [9.17, 15) is 0 Å². The third-order valence-electron chi connectivity index (χ3n) is 3.66. The molecule has 2 N–H and O–H groups in total. The minimum absolute atomic E-state index is 0.297. The highest BCUT2D eigenvalue weighted by atomic mass is 32.1. The third kappa shape index (κ3) is 5.03. The largest absolute Gasteiger partial charge is 0.493 e. The Hall–Kier alpha value is -1.53. The van der Waals surface area contributed by atoms with E-state index in [4.69, 9.17) is 26.4 Å². The fourth-order valence-corrected chi connectivity index (χ4v) is 2.62. The van der Waals surface area contributed by atoms with Crippen molar-refractivity contribution >= 4 is 17.3 Å². The Morgan fingerprint density at radius 2 is 2.09 bits per heavy atom.